The molecule has 0 N–H and O–H groups in total. The van der Waals surface area contributed by atoms with E-state index >= 15 is 0 Å². The minimum Gasteiger partial charge on any atom is -0.306 e. The van der Waals surface area contributed by atoms with E-state index in [0.717, 1.165) is 16.8 Å². The van der Waals surface area contributed by atoms with Gasteiger partial charge in [0, 0.05) is 12.1 Å². The number of aromatic nitrogens is 1. The van der Waals surface area contributed by atoms with Crippen molar-refractivity contribution in [2.24, 2.45) is 0 Å². The minimum atomic E-state index is 0.859. The molecule has 0 aliphatic carbocycles. The standard InChI is InChI=1S/C17H19BrN2/c1-13-7-9-14(10-8-13)15(11-12-20(2)3)16-5-4-6-17(18)19-16/h4-11H,12H2,1-3H3. The van der Waals surface area contributed by atoms with Gasteiger partial charge in [-0.05, 0) is 54.6 Å². The Labute approximate surface area is 129 Å². The summed E-state index contributed by atoms with van der Waals surface area (Å²) in [6.07, 6.45) is 2.22. The van der Waals surface area contributed by atoms with Gasteiger partial charge in [-0.25, -0.2) is 4.98 Å². The Morgan fingerprint density at radius 2 is 1.85 bits per heavy atom. The van der Waals surface area contributed by atoms with Gasteiger partial charge in [0.05, 0.1) is 5.69 Å². The number of nitrogens with zero attached hydrogens (tertiary/aromatic N) is 2. The molecule has 0 aliphatic heterocycles. The molecule has 0 saturated heterocycles. The number of likely N-dealkylation sites (N-methyl/N-ethyl adjacent to an activating group) is 1. The van der Waals surface area contributed by atoms with Crippen molar-refractivity contribution in [2.45, 2.75) is 6.92 Å². The maximum Gasteiger partial charge on any atom is 0.106 e. The molecule has 0 amide bonds. The van der Waals surface area contributed by atoms with Gasteiger partial charge < -0.3 is 4.90 Å². The third-order valence-corrected chi connectivity index (χ3v) is 3.46. The van der Waals surface area contributed by atoms with Crippen LogP contribution in [0.1, 0.15) is 16.8 Å². The quantitative estimate of drug-likeness (QED) is 0.783. The molecule has 0 radical (unpaired) electrons. The number of hydrogen-bond acceptors (Lipinski definition) is 2. The van der Waals surface area contributed by atoms with Crippen molar-refractivity contribution in [1.29, 1.82) is 0 Å². The van der Waals surface area contributed by atoms with Crippen LogP contribution < -0.4 is 0 Å². The molecule has 20 heavy (non-hydrogen) atoms. The lowest BCUT2D eigenvalue weighted by molar-refractivity contribution is 0.457. The van der Waals surface area contributed by atoms with Crippen LogP contribution in [0, 0.1) is 6.92 Å². The molecule has 0 unspecified atom stereocenters. The SMILES string of the molecule is Cc1ccc(C(=CCN(C)C)c2cccc(Br)n2)cc1. The van der Waals surface area contributed by atoms with Crippen LogP contribution in [-0.2, 0) is 0 Å². The summed E-state index contributed by atoms with van der Waals surface area (Å²) in [7, 11) is 4.13. The summed E-state index contributed by atoms with van der Waals surface area (Å²) in [6, 6.07) is 14.6. The zero-order valence-corrected chi connectivity index (χ0v) is 13.7. The number of rotatable bonds is 4. The zero-order chi connectivity index (χ0) is 14.5. The Hall–Kier alpha value is -1.45. The van der Waals surface area contributed by atoms with Gasteiger partial charge in [-0.15, -0.1) is 0 Å². The molecule has 0 bridgehead atoms. The van der Waals surface area contributed by atoms with Crippen LogP contribution in [0.15, 0.2) is 53.1 Å². The summed E-state index contributed by atoms with van der Waals surface area (Å²) in [5.41, 5.74) is 4.62. The number of aryl methyl sites for hydroxylation is 1. The fourth-order valence-corrected chi connectivity index (χ4v) is 2.28. The molecule has 1 aromatic heterocycles. The molecule has 0 fully saturated rings. The molecule has 3 heteroatoms. The van der Waals surface area contributed by atoms with Gasteiger partial charge in [0.1, 0.15) is 4.60 Å². The van der Waals surface area contributed by atoms with Crippen LogP contribution in [0.3, 0.4) is 0 Å². The van der Waals surface area contributed by atoms with E-state index in [4.69, 9.17) is 0 Å². The highest BCUT2D eigenvalue weighted by Crippen LogP contribution is 2.23. The normalized spacial score (nSPS) is 11.9. The number of hydrogen-bond donors (Lipinski definition) is 0. The zero-order valence-electron chi connectivity index (χ0n) is 12.1. The minimum absolute atomic E-state index is 0.859. The summed E-state index contributed by atoms with van der Waals surface area (Å²) >= 11 is 3.45. The highest BCUT2D eigenvalue weighted by Gasteiger charge is 2.07. The number of pyridine rings is 1. The molecule has 0 spiro atoms. The highest BCUT2D eigenvalue weighted by atomic mass is 79.9. The van der Waals surface area contributed by atoms with Crippen LogP contribution in [-0.4, -0.2) is 30.5 Å². The predicted octanol–water partition coefficient (Wildman–Crippen LogP) is 4.15. The molecule has 2 rings (SSSR count). The highest BCUT2D eigenvalue weighted by molar-refractivity contribution is 9.10. The van der Waals surface area contributed by atoms with Crippen LogP contribution in [0.5, 0.6) is 0 Å². The van der Waals surface area contributed by atoms with E-state index in [9.17, 15) is 0 Å². The van der Waals surface area contributed by atoms with Crippen molar-refractivity contribution in [2.75, 3.05) is 20.6 Å². The van der Waals surface area contributed by atoms with Crippen LogP contribution in [0.2, 0.25) is 0 Å². The third kappa shape index (κ3) is 4.02. The average molecular weight is 331 g/mol. The lowest BCUT2D eigenvalue weighted by atomic mass is 10.0. The average Bonchev–Trinajstić information content (AvgIpc) is 2.41. The molecule has 1 aromatic carbocycles. The van der Waals surface area contributed by atoms with Crippen LogP contribution in [0.25, 0.3) is 5.57 Å². The molecule has 0 atom stereocenters. The van der Waals surface area contributed by atoms with Crippen molar-refractivity contribution >= 4 is 21.5 Å². The van der Waals surface area contributed by atoms with Gasteiger partial charge in [-0.2, -0.15) is 0 Å². The van der Waals surface area contributed by atoms with Gasteiger partial charge >= 0.3 is 0 Å². The molecule has 2 aromatic rings. The fourth-order valence-electron chi connectivity index (χ4n) is 1.94. The lowest BCUT2D eigenvalue weighted by Gasteiger charge is -2.11. The Morgan fingerprint density at radius 1 is 1.15 bits per heavy atom. The second-order valence-electron chi connectivity index (χ2n) is 5.09. The van der Waals surface area contributed by atoms with Crippen molar-refractivity contribution in [3.63, 3.8) is 0 Å². The molecule has 1 heterocycles. The van der Waals surface area contributed by atoms with Gasteiger partial charge in [0.25, 0.3) is 0 Å². The fraction of sp³-hybridized carbons (Fsp3) is 0.235. The van der Waals surface area contributed by atoms with Gasteiger partial charge in [0.2, 0.25) is 0 Å². The van der Waals surface area contributed by atoms with Crippen molar-refractivity contribution in [3.8, 4) is 0 Å². The van der Waals surface area contributed by atoms with Crippen molar-refractivity contribution < 1.29 is 0 Å². The van der Waals surface area contributed by atoms with Crippen molar-refractivity contribution in [3.05, 3.63) is 70.0 Å². The summed E-state index contributed by atoms with van der Waals surface area (Å²) in [5, 5.41) is 0. The first kappa shape index (κ1) is 14.9. The molecule has 104 valence electrons. The largest absolute Gasteiger partial charge is 0.306 e. The summed E-state index contributed by atoms with van der Waals surface area (Å²) < 4.78 is 0.859. The smallest absolute Gasteiger partial charge is 0.106 e. The maximum absolute atomic E-state index is 4.58. The predicted molar refractivity (Wildman–Crippen MR) is 88.7 cm³/mol. The molecule has 0 aliphatic rings. The van der Waals surface area contributed by atoms with E-state index in [2.05, 4.69) is 77.2 Å². The van der Waals surface area contributed by atoms with E-state index in [-0.39, 0.29) is 0 Å². The number of halogens is 1. The van der Waals surface area contributed by atoms with Gasteiger partial charge in [0.15, 0.2) is 0 Å². The first-order valence-electron chi connectivity index (χ1n) is 6.61. The summed E-state index contributed by atoms with van der Waals surface area (Å²) in [6.45, 7) is 2.99. The number of benzene rings is 1. The Balaban J connectivity index is 2.44. The second-order valence-corrected chi connectivity index (χ2v) is 5.90. The summed E-state index contributed by atoms with van der Waals surface area (Å²) in [4.78, 5) is 6.73. The molecule has 0 saturated carbocycles. The van der Waals surface area contributed by atoms with Crippen LogP contribution >= 0.6 is 15.9 Å². The van der Waals surface area contributed by atoms with E-state index in [1.807, 2.05) is 18.2 Å². The molecular weight excluding hydrogens is 312 g/mol. The Kier molecular flexibility index (Phi) is 5.10. The van der Waals surface area contributed by atoms with Gasteiger partial charge in [-0.3, -0.25) is 0 Å². The van der Waals surface area contributed by atoms with E-state index < -0.39 is 0 Å². The monoisotopic (exact) mass is 330 g/mol. The first-order valence-corrected chi connectivity index (χ1v) is 7.40. The van der Waals surface area contributed by atoms with Gasteiger partial charge in [-0.1, -0.05) is 42.0 Å². The molecular formula is C17H19BrN2. The van der Waals surface area contributed by atoms with E-state index in [0.29, 0.717) is 0 Å². The first-order chi connectivity index (χ1) is 9.56. The third-order valence-electron chi connectivity index (χ3n) is 3.01. The van der Waals surface area contributed by atoms with Crippen molar-refractivity contribution in [1.82, 2.24) is 9.88 Å². The topological polar surface area (TPSA) is 16.1 Å². The Morgan fingerprint density at radius 3 is 2.45 bits per heavy atom. The maximum atomic E-state index is 4.58. The molecule has 2 nitrogen and oxygen atoms in total. The van der Waals surface area contributed by atoms with Crippen LogP contribution in [0.4, 0.5) is 0 Å². The lowest BCUT2D eigenvalue weighted by Crippen LogP contribution is -2.11. The van der Waals surface area contributed by atoms with E-state index in [1.54, 1.807) is 0 Å². The van der Waals surface area contributed by atoms with E-state index in [1.165, 1.54) is 16.7 Å². The Bertz CT molecular complexity index is 601. The summed E-state index contributed by atoms with van der Waals surface area (Å²) in [5.74, 6) is 0. The second kappa shape index (κ2) is 6.82.